The molecule has 0 saturated carbocycles. The van der Waals surface area contributed by atoms with Crippen LogP contribution < -0.4 is 5.73 Å². The lowest BCUT2D eigenvalue weighted by Gasteiger charge is -2.13. The molecule has 0 atom stereocenters. The highest BCUT2D eigenvalue weighted by Gasteiger charge is 2.06. The summed E-state index contributed by atoms with van der Waals surface area (Å²) in [5, 5.41) is 7.46. The number of nitrogens with zero attached hydrogens (tertiary/aromatic N) is 1. The van der Waals surface area contributed by atoms with Gasteiger partial charge in [0.15, 0.2) is 0 Å². The lowest BCUT2D eigenvalue weighted by atomic mass is 10.1. The Bertz CT molecular complexity index is 347. The summed E-state index contributed by atoms with van der Waals surface area (Å²) in [6, 6.07) is 5.83. The van der Waals surface area contributed by atoms with Gasteiger partial charge in [0, 0.05) is 16.6 Å². The van der Waals surface area contributed by atoms with Crippen molar-refractivity contribution in [3.63, 3.8) is 0 Å². The molecule has 0 aliphatic rings. The Morgan fingerprint density at radius 1 is 1.50 bits per heavy atom. The van der Waals surface area contributed by atoms with Crippen LogP contribution in [0.15, 0.2) is 22.7 Å². The lowest BCUT2D eigenvalue weighted by molar-refractivity contribution is 0.402. The number of nitrogens with one attached hydrogen (secondary N) is 1. The van der Waals surface area contributed by atoms with Crippen molar-refractivity contribution in [1.29, 1.82) is 5.41 Å². The molecule has 0 bridgehead atoms. The van der Waals surface area contributed by atoms with E-state index in [2.05, 4.69) is 20.8 Å². The molecular formula is C10H14BrN3. The van der Waals surface area contributed by atoms with Crippen LogP contribution in [0.4, 0.5) is 0 Å². The van der Waals surface area contributed by atoms with Crippen LogP contribution in [-0.4, -0.2) is 24.8 Å². The van der Waals surface area contributed by atoms with Crippen LogP contribution in [0.2, 0.25) is 0 Å². The van der Waals surface area contributed by atoms with Crippen molar-refractivity contribution >= 4 is 21.8 Å². The molecule has 0 spiro atoms. The van der Waals surface area contributed by atoms with Gasteiger partial charge in [0.2, 0.25) is 0 Å². The normalized spacial score (nSPS) is 10.6. The van der Waals surface area contributed by atoms with Crippen molar-refractivity contribution in [3.05, 3.63) is 33.8 Å². The first-order chi connectivity index (χ1) is 6.50. The third-order valence-electron chi connectivity index (χ3n) is 1.85. The second kappa shape index (κ2) is 4.57. The molecule has 0 aliphatic heterocycles. The maximum Gasteiger partial charge on any atom is 0.123 e. The predicted molar refractivity (Wildman–Crippen MR) is 62.5 cm³/mol. The van der Waals surface area contributed by atoms with E-state index in [4.69, 9.17) is 11.1 Å². The third kappa shape index (κ3) is 2.82. The predicted octanol–water partition coefficient (Wildman–Crippen LogP) is 1.79. The molecule has 0 saturated heterocycles. The zero-order valence-corrected chi connectivity index (χ0v) is 9.93. The Morgan fingerprint density at radius 3 is 2.64 bits per heavy atom. The highest BCUT2D eigenvalue weighted by molar-refractivity contribution is 9.10. The van der Waals surface area contributed by atoms with Gasteiger partial charge in [0.1, 0.15) is 5.84 Å². The van der Waals surface area contributed by atoms with Crippen molar-refractivity contribution in [1.82, 2.24) is 4.90 Å². The van der Waals surface area contributed by atoms with Crippen LogP contribution >= 0.6 is 15.9 Å². The zero-order chi connectivity index (χ0) is 10.7. The van der Waals surface area contributed by atoms with E-state index < -0.39 is 0 Å². The van der Waals surface area contributed by atoms with E-state index in [-0.39, 0.29) is 5.84 Å². The lowest BCUT2D eigenvalue weighted by Crippen LogP contribution is -2.18. The van der Waals surface area contributed by atoms with E-state index in [1.165, 1.54) is 0 Å². The van der Waals surface area contributed by atoms with Crippen LogP contribution in [0.25, 0.3) is 0 Å². The Hall–Kier alpha value is -0.870. The average Bonchev–Trinajstić information content (AvgIpc) is 2.07. The quantitative estimate of drug-likeness (QED) is 0.640. The van der Waals surface area contributed by atoms with Gasteiger partial charge in [0.25, 0.3) is 0 Å². The van der Waals surface area contributed by atoms with Crippen molar-refractivity contribution in [3.8, 4) is 0 Å². The van der Waals surface area contributed by atoms with Gasteiger partial charge in [0.05, 0.1) is 0 Å². The monoisotopic (exact) mass is 255 g/mol. The molecule has 4 heteroatoms. The molecule has 0 aromatic heterocycles. The summed E-state index contributed by atoms with van der Waals surface area (Å²) in [4.78, 5) is 2.05. The van der Waals surface area contributed by atoms with Gasteiger partial charge in [-0.25, -0.2) is 0 Å². The van der Waals surface area contributed by atoms with Crippen molar-refractivity contribution in [2.24, 2.45) is 5.73 Å². The van der Waals surface area contributed by atoms with Crippen molar-refractivity contribution in [2.45, 2.75) is 6.54 Å². The van der Waals surface area contributed by atoms with Crippen molar-refractivity contribution < 1.29 is 0 Å². The fourth-order valence-electron chi connectivity index (χ4n) is 1.28. The van der Waals surface area contributed by atoms with E-state index in [1.807, 2.05) is 32.3 Å². The molecule has 1 rings (SSSR count). The van der Waals surface area contributed by atoms with E-state index in [9.17, 15) is 0 Å². The maximum absolute atomic E-state index is 7.46. The van der Waals surface area contributed by atoms with Gasteiger partial charge in [-0.05, 0) is 31.8 Å². The van der Waals surface area contributed by atoms with Crippen molar-refractivity contribution in [2.75, 3.05) is 14.1 Å². The summed E-state index contributed by atoms with van der Waals surface area (Å²) in [7, 11) is 3.98. The minimum atomic E-state index is 0.114. The molecule has 0 unspecified atom stereocenters. The third-order valence-corrected chi connectivity index (χ3v) is 2.34. The van der Waals surface area contributed by atoms with E-state index in [0.29, 0.717) is 0 Å². The van der Waals surface area contributed by atoms with E-state index >= 15 is 0 Å². The molecule has 14 heavy (non-hydrogen) atoms. The highest BCUT2D eigenvalue weighted by atomic mass is 79.9. The zero-order valence-electron chi connectivity index (χ0n) is 8.34. The molecule has 1 aromatic carbocycles. The maximum atomic E-state index is 7.46. The molecule has 1 aromatic rings. The Labute approximate surface area is 92.5 Å². The van der Waals surface area contributed by atoms with Crippen LogP contribution in [0, 0.1) is 5.41 Å². The number of nitrogens with two attached hydrogens (primary N) is 1. The van der Waals surface area contributed by atoms with Crippen LogP contribution in [-0.2, 0) is 6.54 Å². The van der Waals surface area contributed by atoms with Crippen LogP contribution in [0.5, 0.6) is 0 Å². The van der Waals surface area contributed by atoms with Gasteiger partial charge in [-0.2, -0.15) is 0 Å². The number of amidine groups is 1. The Morgan fingerprint density at radius 2 is 2.14 bits per heavy atom. The number of nitrogen functional groups attached to an aromatic ring is 1. The van der Waals surface area contributed by atoms with Gasteiger partial charge < -0.3 is 10.6 Å². The summed E-state index contributed by atoms with van der Waals surface area (Å²) in [5.74, 6) is 0.114. The second-order valence-electron chi connectivity index (χ2n) is 3.45. The first kappa shape index (κ1) is 11.2. The van der Waals surface area contributed by atoms with Gasteiger partial charge >= 0.3 is 0 Å². The largest absolute Gasteiger partial charge is 0.384 e. The molecule has 76 valence electrons. The Kier molecular flexibility index (Phi) is 3.66. The molecular weight excluding hydrogens is 242 g/mol. The number of hydrogen-bond donors (Lipinski definition) is 2. The standard InChI is InChI=1S/C10H14BrN3/c1-14(2)6-7-3-4-8(11)5-9(7)10(12)13/h3-5H,6H2,1-2H3,(H3,12,13). The van der Waals surface area contributed by atoms with Crippen LogP contribution in [0.3, 0.4) is 0 Å². The fourth-order valence-corrected chi connectivity index (χ4v) is 1.64. The number of halogens is 1. The SMILES string of the molecule is CN(C)Cc1ccc(Br)cc1C(=N)N. The number of hydrogen-bond acceptors (Lipinski definition) is 2. The topological polar surface area (TPSA) is 53.1 Å². The van der Waals surface area contributed by atoms with Gasteiger partial charge in [-0.3, -0.25) is 5.41 Å². The second-order valence-corrected chi connectivity index (χ2v) is 4.37. The molecule has 3 nitrogen and oxygen atoms in total. The molecule has 0 aliphatic carbocycles. The molecule has 0 fully saturated rings. The molecule has 0 heterocycles. The first-order valence-corrected chi connectivity index (χ1v) is 5.07. The summed E-state index contributed by atoms with van der Waals surface area (Å²) in [6.45, 7) is 0.794. The van der Waals surface area contributed by atoms with Gasteiger partial charge in [-0.15, -0.1) is 0 Å². The number of benzene rings is 1. The fraction of sp³-hybridized carbons (Fsp3) is 0.300. The minimum absolute atomic E-state index is 0.114. The molecule has 3 N–H and O–H groups in total. The first-order valence-electron chi connectivity index (χ1n) is 4.28. The summed E-state index contributed by atoms with van der Waals surface area (Å²) in [6.07, 6.45) is 0. The average molecular weight is 256 g/mol. The summed E-state index contributed by atoms with van der Waals surface area (Å²) < 4.78 is 0.949. The summed E-state index contributed by atoms with van der Waals surface area (Å²) in [5.41, 5.74) is 7.38. The Balaban J connectivity index is 3.08. The van der Waals surface area contributed by atoms with E-state index in [0.717, 1.165) is 22.1 Å². The summed E-state index contributed by atoms with van der Waals surface area (Å²) >= 11 is 3.36. The molecule has 0 radical (unpaired) electrons. The van der Waals surface area contributed by atoms with E-state index in [1.54, 1.807) is 0 Å². The minimum Gasteiger partial charge on any atom is -0.384 e. The highest BCUT2D eigenvalue weighted by Crippen LogP contribution is 2.17. The van der Waals surface area contributed by atoms with Crippen LogP contribution in [0.1, 0.15) is 11.1 Å². The number of rotatable bonds is 3. The molecule has 0 amide bonds. The smallest absolute Gasteiger partial charge is 0.123 e. The van der Waals surface area contributed by atoms with Gasteiger partial charge in [-0.1, -0.05) is 22.0 Å².